The molecule has 2 amide bonds. The Labute approximate surface area is 166 Å². The van der Waals surface area contributed by atoms with Crippen LogP contribution in [-0.4, -0.2) is 50.3 Å². The van der Waals surface area contributed by atoms with Gasteiger partial charge in [0.1, 0.15) is 13.2 Å². The number of hydrogen-bond donors (Lipinski definition) is 1. The summed E-state index contributed by atoms with van der Waals surface area (Å²) in [6.45, 7) is 8.46. The van der Waals surface area contributed by atoms with Crippen molar-refractivity contribution in [2.24, 2.45) is 0 Å². The van der Waals surface area contributed by atoms with E-state index in [0.29, 0.717) is 32.2 Å². The van der Waals surface area contributed by atoms with Crippen LogP contribution in [0.5, 0.6) is 11.5 Å². The van der Waals surface area contributed by atoms with Gasteiger partial charge in [0.2, 0.25) is 0 Å². The summed E-state index contributed by atoms with van der Waals surface area (Å²) in [6.07, 6.45) is 0. The molecule has 0 aliphatic carbocycles. The Kier molecular flexibility index (Phi) is 5.28. The number of rotatable bonds is 3. The Bertz CT molecular complexity index is 827. The van der Waals surface area contributed by atoms with E-state index in [-0.39, 0.29) is 6.03 Å². The Morgan fingerprint density at radius 2 is 1.61 bits per heavy atom. The summed E-state index contributed by atoms with van der Waals surface area (Å²) >= 11 is 0. The van der Waals surface area contributed by atoms with Crippen LogP contribution in [0.4, 0.5) is 16.2 Å². The summed E-state index contributed by atoms with van der Waals surface area (Å²) in [6, 6.07) is 14.1. The van der Waals surface area contributed by atoms with E-state index in [9.17, 15) is 4.79 Å². The Morgan fingerprint density at radius 3 is 2.29 bits per heavy atom. The molecule has 0 unspecified atom stereocenters. The number of carbonyl (C=O) groups is 1. The molecule has 1 fully saturated rings. The third kappa shape index (κ3) is 4.01. The van der Waals surface area contributed by atoms with Gasteiger partial charge in [-0.05, 0) is 35.7 Å². The van der Waals surface area contributed by atoms with Crippen LogP contribution >= 0.6 is 0 Å². The van der Waals surface area contributed by atoms with Crippen LogP contribution in [0.2, 0.25) is 0 Å². The average Bonchev–Trinajstić information content (AvgIpc) is 2.74. The van der Waals surface area contributed by atoms with Crippen molar-refractivity contribution in [2.45, 2.75) is 19.8 Å². The minimum absolute atomic E-state index is 0.0425. The Morgan fingerprint density at radius 1 is 0.929 bits per heavy atom. The van der Waals surface area contributed by atoms with Crippen molar-refractivity contribution in [2.75, 3.05) is 49.6 Å². The van der Waals surface area contributed by atoms with Crippen LogP contribution in [0.25, 0.3) is 0 Å². The van der Waals surface area contributed by atoms with Gasteiger partial charge in [-0.3, -0.25) is 0 Å². The van der Waals surface area contributed by atoms with Crippen LogP contribution in [0, 0.1) is 0 Å². The second-order valence-corrected chi connectivity index (χ2v) is 7.51. The molecule has 148 valence electrons. The van der Waals surface area contributed by atoms with E-state index in [2.05, 4.69) is 42.3 Å². The molecule has 0 saturated carbocycles. The van der Waals surface area contributed by atoms with Gasteiger partial charge in [0.25, 0.3) is 0 Å². The summed E-state index contributed by atoms with van der Waals surface area (Å²) < 4.78 is 11.3. The van der Waals surface area contributed by atoms with Crippen LogP contribution in [-0.2, 0) is 0 Å². The second-order valence-electron chi connectivity index (χ2n) is 7.51. The summed E-state index contributed by atoms with van der Waals surface area (Å²) in [5.74, 6) is 2.09. The first-order valence-electron chi connectivity index (χ1n) is 9.90. The van der Waals surface area contributed by atoms with E-state index in [0.717, 1.165) is 36.0 Å². The predicted octanol–water partition coefficient (Wildman–Crippen LogP) is 3.94. The highest BCUT2D eigenvalue weighted by molar-refractivity contribution is 5.89. The zero-order valence-electron chi connectivity index (χ0n) is 16.5. The van der Waals surface area contributed by atoms with Gasteiger partial charge in [-0.15, -0.1) is 0 Å². The highest BCUT2D eigenvalue weighted by Gasteiger charge is 2.22. The first-order chi connectivity index (χ1) is 13.6. The summed E-state index contributed by atoms with van der Waals surface area (Å²) in [5.41, 5.74) is 3.21. The molecular weight excluding hydrogens is 354 g/mol. The topological polar surface area (TPSA) is 54.0 Å². The maximum Gasteiger partial charge on any atom is 0.321 e. The molecule has 6 nitrogen and oxygen atoms in total. The molecular formula is C22H27N3O3. The third-order valence-corrected chi connectivity index (χ3v) is 5.29. The van der Waals surface area contributed by atoms with Crippen molar-refractivity contribution < 1.29 is 14.3 Å². The molecule has 1 N–H and O–H groups in total. The van der Waals surface area contributed by atoms with Crippen LogP contribution in [0.1, 0.15) is 25.3 Å². The molecule has 4 rings (SSSR count). The number of fused-ring (bicyclic) bond motifs is 1. The van der Waals surface area contributed by atoms with E-state index < -0.39 is 0 Å². The van der Waals surface area contributed by atoms with Crippen LogP contribution in [0.15, 0.2) is 42.5 Å². The van der Waals surface area contributed by atoms with E-state index >= 15 is 0 Å². The zero-order valence-corrected chi connectivity index (χ0v) is 16.5. The molecule has 0 bridgehead atoms. The number of urea groups is 1. The van der Waals surface area contributed by atoms with Crippen molar-refractivity contribution in [1.82, 2.24) is 4.90 Å². The van der Waals surface area contributed by atoms with E-state index in [1.165, 1.54) is 5.56 Å². The van der Waals surface area contributed by atoms with Gasteiger partial charge >= 0.3 is 6.03 Å². The van der Waals surface area contributed by atoms with E-state index in [4.69, 9.17) is 9.47 Å². The van der Waals surface area contributed by atoms with Crippen molar-refractivity contribution in [3.8, 4) is 11.5 Å². The number of amides is 2. The van der Waals surface area contributed by atoms with Gasteiger partial charge in [-0.2, -0.15) is 0 Å². The lowest BCUT2D eigenvalue weighted by Gasteiger charge is -2.36. The monoisotopic (exact) mass is 381 g/mol. The maximum absolute atomic E-state index is 12.6. The third-order valence-electron chi connectivity index (χ3n) is 5.29. The first kappa shape index (κ1) is 18.5. The first-order valence-corrected chi connectivity index (χ1v) is 9.90. The summed E-state index contributed by atoms with van der Waals surface area (Å²) in [7, 11) is 0. The standard InChI is InChI=1S/C22H27N3O3/c1-16(2)17-3-5-18(6-4-17)23-22(26)25-11-9-24(10-12-25)19-7-8-20-21(15-19)28-14-13-27-20/h3-8,15-16H,9-14H2,1-2H3,(H,23,26). The molecule has 2 aliphatic rings. The fourth-order valence-corrected chi connectivity index (χ4v) is 3.55. The highest BCUT2D eigenvalue weighted by Crippen LogP contribution is 2.34. The number of benzene rings is 2. The molecule has 0 radical (unpaired) electrons. The molecule has 6 heteroatoms. The van der Waals surface area contributed by atoms with Gasteiger partial charge in [-0.1, -0.05) is 26.0 Å². The predicted molar refractivity (Wildman–Crippen MR) is 111 cm³/mol. The van der Waals surface area contributed by atoms with Gasteiger partial charge in [0.15, 0.2) is 11.5 Å². The van der Waals surface area contributed by atoms with E-state index in [1.54, 1.807) is 0 Å². The molecule has 0 atom stereocenters. The van der Waals surface area contributed by atoms with Crippen molar-refractivity contribution in [3.05, 3.63) is 48.0 Å². The molecule has 28 heavy (non-hydrogen) atoms. The van der Waals surface area contributed by atoms with Gasteiger partial charge in [-0.25, -0.2) is 4.79 Å². The number of ether oxygens (including phenoxy) is 2. The normalized spacial score (nSPS) is 16.2. The van der Waals surface area contributed by atoms with Crippen molar-refractivity contribution in [1.29, 1.82) is 0 Å². The number of anilines is 2. The highest BCUT2D eigenvalue weighted by atomic mass is 16.6. The van der Waals surface area contributed by atoms with Gasteiger partial charge in [0, 0.05) is 43.6 Å². The van der Waals surface area contributed by atoms with Gasteiger partial charge in [0.05, 0.1) is 0 Å². The lowest BCUT2D eigenvalue weighted by Crippen LogP contribution is -2.50. The molecule has 1 saturated heterocycles. The summed E-state index contributed by atoms with van der Waals surface area (Å²) in [5, 5.41) is 3.01. The van der Waals surface area contributed by atoms with Crippen molar-refractivity contribution in [3.63, 3.8) is 0 Å². The molecule has 2 heterocycles. The average molecular weight is 381 g/mol. The number of carbonyl (C=O) groups excluding carboxylic acids is 1. The Balaban J connectivity index is 1.33. The lowest BCUT2D eigenvalue weighted by atomic mass is 10.0. The zero-order chi connectivity index (χ0) is 19.5. The molecule has 2 aromatic rings. The Hall–Kier alpha value is -2.89. The van der Waals surface area contributed by atoms with Crippen molar-refractivity contribution >= 4 is 17.4 Å². The smallest absolute Gasteiger partial charge is 0.321 e. The van der Waals surface area contributed by atoms with Crippen LogP contribution < -0.4 is 19.7 Å². The fraction of sp³-hybridized carbons (Fsp3) is 0.409. The van der Waals surface area contributed by atoms with Gasteiger partial charge < -0.3 is 24.6 Å². The van der Waals surface area contributed by atoms with Crippen LogP contribution in [0.3, 0.4) is 0 Å². The molecule has 0 aromatic heterocycles. The minimum Gasteiger partial charge on any atom is -0.486 e. The second kappa shape index (κ2) is 8.00. The number of piperazine rings is 1. The number of hydrogen-bond acceptors (Lipinski definition) is 4. The molecule has 0 spiro atoms. The fourth-order valence-electron chi connectivity index (χ4n) is 3.55. The molecule has 2 aliphatic heterocycles. The number of nitrogens with zero attached hydrogens (tertiary/aromatic N) is 2. The maximum atomic E-state index is 12.6. The minimum atomic E-state index is -0.0425. The number of nitrogens with one attached hydrogen (secondary N) is 1. The van der Waals surface area contributed by atoms with E-state index in [1.807, 2.05) is 29.2 Å². The SMILES string of the molecule is CC(C)c1ccc(NC(=O)N2CCN(c3ccc4c(c3)OCCO4)CC2)cc1. The largest absolute Gasteiger partial charge is 0.486 e. The quantitative estimate of drug-likeness (QED) is 0.875. The lowest BCUT2D eigenvalue weighted by molar-refractivity contribution is 0.171. The molecule has 2 aromatic carbocycles. The summed E-state index contributed by atoms with van der Waals surface area (Å²) in [4.78, 5) is 16.7.